The molecule has 0 saturated heterocycles. The summed E-state index contributed by atoms with van der Waals surface area (Å²) in [7, 11) is 1.68. The minimum absolute atomic E-state index is 0.684. The molecule has 3 nitrogen and oxygen atoms in total. The molecule has 2 aromatic carbocycles. The minimum Gasteiger partial charge on any atom is -0.493 e. The lowest BCUT2D eigenvalue weighted by Gasteiger charge is -2.17. The Morgan fingerprint density at radius 3 is 2.57 bits per heavy atom. The Labute approximate surface area is 147 Å². The lowest BCUT2D eigenvalue weighted by molar-refractivity contribution is 0.290. The number of hydrogen-bond donors (Lipinski definition) is 1. The second-order valence-corrected chi connectivity index (χ2v) is 6.17. The molecule has 2 rings (SSSR count). The van der Waals surface area contributed by atoms with Crippen molar-refractivity contribution < 1.29 is 9.47 Å². The van der Waals surface area contributed by atoms with E-state index in [9.17, 15) is 0 Å². The third-order valence-corrected chi connectivity index (χ3v) is 4.32. The van der Waals surface area contributed by atoms with Gasteiger partial charge in [0.15, 0.2) is 11.5 Å². The number of ether oxygens (including phenoxy) is 2. The van der Waals surface area contributed by atoms with Crippen molar-refractivity contribution in [1.82, 2.24) is 5.32 Å². The van der Waals surface area contributed by atoms with E-state index in [2.05, 4.69) is 52.4 Å². The maximum Gasteiger partial charge on any atom is 0.166 e. The molecule has 0 aliphatic heterocycles. The average molecular weight is 378 g/mol. The number of benzene rings is 2. The predicted octanol–water partition coefficient (Wildman–Crippen LogP) is 4.58. The van der Waals surface area contributed by atoms with Crippen LogP contribution >= 0.6 is 15.9 Å². The first-order chi connectivity index (χ1) is 11.3. The van der Waals surface area contributed by atoms with Crippen molar-refractivity contribution in [1.29, 1.82) is 0 Å². The SMILES string of the molecule is CCCOc1c(OC)ccc(Br)c1CNCCc1ccccc1. The van der Waals surface area contributed by atoms with Crippen LogP contribution in [0.4, 0.5) is 0 Å². The zero-order valence-corrected chi connectivity index (χ0v) is 15.4. The summed E-state index contributed by atoms with van der Waals surface area (Å²) in [4.78, 5) is 0. The predicted molar refractivity (Wildman–Crippen MR) is 98.3 cm³/mol. The van der Waals surface area contributed by atoms with Gasteiger partial charge in [0.05, 0.1) is 13.7 Å². The van der Waals surface area contributed by atoms with Crippen molar-refractivity contribution in [2.75, 3.05) is 20.3 Å². The van der Waals surface area contributed by atoms with Gasteiger partial charge in [0, 0.05) is 16.6 Å². The largest absolute Gasteiger partial charge is 0.493 e. The molecule has 0 unspecified atom stereocenters. The standard InChI is InChI=1S/C19H24BrNO2/c1-3-13-23-19-16(17(20)9-10-18(19)22-2)14-21-12-11-15-7-5-4-6-8-15/h4-10,21H,3,11-14H2,1-2H3. The summed E-state index contributed by atoms with van der Waals surface area (Å²) in [6.07, 6.45) is 1.98. The summed E-state index contributed by atoms with van der Waals surface area (Å²) in [5.41, 5.74) is 2.44. The molecule has 4 heteroatoms. The van der Waals surface area contributed by atoms with Crippen molar-refractivity contribution in [2.45, 2.75) is 26.3 Å². The number of hydrogen-bond acceptors (Lipinski definition) is 3. The molecule has 0 aromatic heterocycles. The Kier molecular flexibility index (Phi) is 7.43. The van der Waals surface area contributed by atoms with Gasteiger partial charge < -0.3 is 14.8 Å². The molecule has 0 bridgehead atoms. The highest BCUT2D eigenvalue weighted by molar-refractivity contribution is 9.10. The summed E-state index contributed by atoms with van der Waals surface area (Å²) in [5.74, 6) is 1.61. The second-order valence-electron chi connectivity index (χ2n) is 5.32. The zero-order valence-electron chi connectivity index (χ0n) is 13.8. The van der Waals surface area contributed by atoms with Gasteiger partial charge in [0.1, 0.15) is 0 Å². The average Bonchev–Trinajstić information content (AvgIpc) is 2.59. The number of rotatable bonds is 9. The Morgan fingerprint density at radius 2 is 1.87 bits per heavy atom. The van der Waals surface area contributed by atoms with Crippen LogP contribution in [0.3, 0.4) is 0 Å². The van der Waals surface area contributed by atoms with Crippen LogP contribution in [0.25, 0.3) is 0 Å². The lowest BCUT2D eigenvalue weighted by atomic mass is 10.1. The Balaban J connectivity index is 2.00. The van der Waals surface area contributed by atoms with E-state index in [1.807, 2.05) is 18.2 Å². The normalized spacial score (nSPS) is 10.6. The molecule has 0 radical (unpaired) electrons. The first-order valence-corrected chi connectivity index (χ1v) is 8.78. The highest BCUT2D eigenvalue weighted by Gasteiger charge is 2.14. The molecule has 0 atom stereocenters. The molecule has 0 aliphatic rings. The van der Waals surface area contributed by atoms with Crippen LogP contribution in [0.15, 0.2) is 46.9 Å². The van der Waals surface area contributed by atoms with Crippen molar-refractivity contribution in [3.05, 3.63) is 58.1 Å². The molecule has 2 aromatic rings. The fourth-order valence-corrected chi connectivity index (χ4v) is 2.81. The van der Waals surface area contributed by atoms with Crippen LogP contribution in [0.5, 0.6) is 11.5 Å². The fourth-order valence-electron chi connectivity index (χ4n) is 2.36. The molecule has 0 fully saturated rings. The third kappa shape index (κ3) is 5.26. The van der Waals surface area contributed by atoms with Gasteiger partial charge in [0.2, 0.25) is 0 Å². The molecule has 0 heterocycles. The monoisotopic (exact) mass is 377 g/mol. The van der Waals surface area contributed by atoms with E-state index in [0.29, 0.717) is 6.61 Å². The van der Waals surface area contributed by atoms with E-state index in [1.165, 1.54) is 5.56 Å². The topological polar surface area (TPSA) is 30.5 Å². The van der Waals surface area contributed by atoms with Gasteiger partial charge in [0.25, 0.3) is 0 Å². The quantitative estimate of drug-likeness (QED) is 0.648. The Morgan fingerprint density at radius 1 is 1.09 bits per heavy atom. The first-order valence-electron chi connectivity index (χ1n) is 7.99. The van der Waals surface area contributed by atoms with E-state index < -0.39 is 0 Å². The maximum atomic E-state index is 5.91. The molecular weight excluding hydrogens is 354 g/mol. The van der Waals surface area contributed by atoms with Gasteiger partial charge in [-0.2, -0.15) is 0 Å². The smallest absolute Gasteiger partial charge is 0.166 e. The summed E-state index contributed by atoms with van der Waals surface area (Å²) < 4.78 is 12.4. The van der Waals surface area contributed by atoms with Gasteiger partial charge in [-0.15, -0.1) is 0 Å². The van der Waals surface area contributed by atoms with Crippen LogP contribution in [0.1, 0.15) is 24.5 Å². The van der Waals surface area contributed by atoms with E-state index in [0.717, 1.165) is 47.5 Å². The van der Waals surface area contributed by atoms with Gasteiger partial charge >= 0.3 is 0 Å². The molecular formula is C19H24BrNO2. The van der Waals surface area contributed by atoms with Crippen molar-refractivity contribution in [2.24, 2.45) is 0 Å². The lowest BCUT2D eigenvalue weighted by Crippen LogP contribution is -2.18. The van der Waals surface area contributed by atoms with E-state index >= 15 is 0 Å². The van der Waals surface area contributed by atoms with Crippen LogP contribution in [0.2, 0.25) is 0 Å². The van der Waals surface area contributed by atoms with E-state index in [-0.39, 0.29) is 0 Å². The minimum atomic E-state index is 0.684. The van der Waals surface area contributed by atoms with Gasteiger partial charge in [-0.3, -0.25) is 0 Å². The van der Waals surface area contributed by atoms with Crippen molar-refractivity contribution in [3.8, 4) is 11.5 Å². The number of nitrogens with one attached hydrogen (secondary N) is 1. The first kappa shape index (κ1) is 17.8. The summed E-state index contributed by atoms with van der Waals surface area (Å²) in [6.45, 7) is 4.44. The van der Waals surface area contributed by atoms with Crippen LogP contribution in [0, 0.1) is 0 Å². The molecule has 0 amide bonds. The Bertz CT molecular complexity index is 602. The van der Waals surface area contributed by atoms with Gasteiger partial charge in [-0.05, 0) is 37.1 Å². The van der Waals surface area contributed by atoms with Crippen LogP contribution < -0.4 is 14.8 Å². The van der Waals surface area contributed by atoms with E-state index in [1.54, 1.807) is 7.11 Å². The molecule has 0 saturated carbocycles. The molecule has 1 N–H and O–H groups in total. The fraction of sp³-hybridized carbons (Fsp3) is 0.368. The van der Waals surface area contributed by atoms with Crippen LogP contribution in [-0.4, -0.2) is 20.3 Å². The highest BCUT2D eigenvalue weighted by Crippen LogP contribution is 2.36. The molecule has 124 valence electrons. The zero-order chi connectivity index (χ0) is 16.5. The summed E-state index contributed by atoms with van der Waals surface area (Å²) in [5, 5.41) is 3.49. The third-order valence-electron chi connectivity index (χ3n) is 3.57. The highest BCUT2D eigenvalue weighted by atomic mass is 79.9. The number of methoxy groups -OCH3 is 1. The molecule has 23 heavy (non-hydrogen) atoms. The van der Waals surface area contributed by atoms with Crippen molar-refractivity contribution >= 4 is 15.9 Å². The summed E-state index contributed by atoms with van der Waals surface area (Å²) in [6, 6.07) is 14.4. The second kappa shape index (κ2) is 9.58. The van der Waals surface area contributed by atoms with Crippen molar-refractivity contribution in [3.63, 3.8) is 0 Å². The number of halogens is 1. The summed E-state index contributed by atoms with van der Waals surface area (Å²) >= 11 is 3.62. The maximum absolute atomic E-state index is 5.91. The van der Waals surface area contributed by atoms with Gasteiger partial charge in [-0.1, -0.05) is 53.2 Å². The van der Waals surface area contributed by atoms with Crippen LogP contribution in [-0.2, 0) is 13.0 Å². The van der Waals surface area contributed by atoms with Gasteiger partial charge in [-0.25, -0.2) is 0 Å². The Hall–Kier alpha value is -1.52. The molecule has 0 aliphatic carbocycles. The molecule has 0 spiro atoms. The van der Waals surface area contributed by atoms with E-state index in [4.69, 9.17) is 9.47 Å².